The molecular formula is C27H15NS. The van der Waals surface area contributed by atoms with Crippen LogP contribution < -0.4 is 0 Å². The number of aromatic nitrogens is 1. The van der Waals surface area contributed by atoms with E-state index in [1.54, 1.807) is 0 Å². The molecule has 0 amide bonds. The minimum absolute atomic E-state index is 1.08. The van der Waals surface area contributed by atoms with E-state index in [0.29, 0.717) is 0 Å². The molecule has 0 fully saturated rings. The van der Waals surface area contributed by atoms with E-state index < -0.39 is 0 Å². The SMILES string of the molecule is c1ccc2cc3c(cc2c1)c1cc2c(cc1c1cccnc13)sc1ccccc12. The third-order valence-corrected chi connectivity index (χ3v) is 7.18. The Morgan fingerprint density at radius 2 is 1.17 bits per heavy atom. The lowest BCUT2D eigenvalue weighted by molar-refractivity contribution is 1.43. The Bertz CT molecular complexity index is 1760. The van der Waals surface area contributed by atoms with Crippen LogP contribution >= 0.6 is 11.3 Å². The van der Waals surface area contributed by atoms with E-state index in [1.807, 2.05) is 23.6 Å². The van der Waals surface area contributed by atoms with Gasteiger partial charge in [0.05, 0.1) is 5.52 Å². The normalized spacial score (nSPS) is 12.1. The fourth-order valence-corrected chi connectivity index (χ4v) is 5.84. The largest absolute Gasteiger partial charge is 0.256 e. The first-order valence-electron chi connectivity index (χ1n) is 9.81. The maximum Gasteiger partial charge on any atom is 0.0786 e. The maximum absolute atomic E-state index is 4.79. The third kappa shape index (κ3) is 2.07. The first kappa shape index (κ1) is 15.4. The molecule has 0 bridgehead atoms. The van der Waals surface area contributed by atoms with E-state index in [0.717, 1.165) is 5.52 Å². The molecule has 0 saturated heterocycles. The Kier molecular flexibility index (Phi) is 2.94. The van der Waals surface area contributed by atoms with Crippen molar-refractivity contribution in [3.05, 3.63) is 91.1 Å². The first-order valence-corrected chi connectivity index (χ1v) is 10.6. The van der Waals surface area contributed by atoms with Gasteiger partial charge in [-0.1, -0.05) is 48.5 Å². The van der Waals surface area contributed by atoms with Gasteiger partial charge in [-0.25, -0.2) is 0 Å². The monoisotopic (exact) mass is 385 g/mol. The highest BCUT2D eigenvalue weighted by molar-refractivity contribution is 7.25. The smallest absolute Gasteiger partial charge is 0.0786 e. The number of hydrogen-bond acceptors (Lipinski definition) is 2. The zero-order valence-electron chi connectivity index (χ0n) is 15.5. The van der Waals surface area contributed by atoms with Crippen molar-refractivity contribution < 1.29 is 0 Å². The van der Waals surface area contributed by atoms with E-state index in [9.17, 15) is 0 Å². The maximum atomic E-state index is 4.79. The lowest BCUT2D eigenvalue weighted by Gasteiger charge is -2.11. The number of rotatable bonds is 0. The number of pyridine rings is 1. The summed E-state index contributed by atoms with van der Waals surface area (Å²) in [7, 11) is 0. The van der Waals surface area contributed by atoms with Crippen molar-refractivity contribution in [1.29, 1.82) is 0 Å². The predicted octanol–water partition coefficient (Wildman–Crippen LogP) is 8.06. The lowest BCUT2D eigenvalue weighted by Crippen LogP contribution is -1.86. The molecule has 0 atom stereocenters. The van der Waals surface area contributed by atoms with Gasteiger partial charge >= 0.3 is 0 Å². The van der Waals surface area contributed by atoms with Crippen molar-refractivity contribution in [3.8, 4) is 0 Å². The molecule has 0 saturated carbocycles. The molecule has 0 spiro atoms. The molecule has 0 N–H and O–H groups in total. The van der Waals surface area contributed by atoms with E-state index >= 15 is 0 Å². The molecular weight excluding hydrogens is 370 g/mol. The third-order valence-electron chi connectivity index (χ3n) is 6.05. The summed E-state index contributed by atoms with van der Waals surface area (Å²) in [5.74, 6) is 0. The van der Waals surface area contributed by atoms with Crippen LogP contribution in [-0.4, -0.2) is 4.98 Å². The molecule has 0 aliphatic carbocycles. The van der Waals surface area contributed by atoms with Crippen LogP contribution in [0.15, 0.2) is 91.1 Å². The number of nitrogens with zero attached hydrogens (tertiary/aromatic N) is 1. The molecule has 2 heterocycles. The molecule has 1 nitrogen and oxygen atoms in total. The fraction of sp³-hybridized carbons (Fsp3) is 0. The molecule has 0 radical (unpaired) electrons. The molecule has 29 heavy (non-hydrogen) atoms. The summed E-state index contributed by atoms with van der Waals surface area (Å²) in [6.45, 7) is 0. The van der Waals surface area contributed by atoms with Crippen LogP contribution in [0.25, 0.3) is 63.4 Å². The van der Waals surface area contributed by atoms with Gasteiger partial charge in [-0.15, -0.1) is 11.3 Å². The molecule has 0 unspecified atom stereocenters. The minimum atomic E-state index is 1.08. The Morgan fingerprint density at radius 3 is 2.07 bits per heavy atom. The average Bonchev–Trinajstić information content (AvgIpc) is 3.15. The van der Waals surface area contributed by atoms with Crippen molar-refractivity contribution in [2.24, 2.45) is 0 Å². The van der Waals surface area contributed by atoms with Crippen molar-refractivity contribution in [3.63, 3.8) is 0 Å². The average molecular weight is 385 g/mol. The summed E-state index contributed by atoms with van der Waals surface area (Å²) < 4.78 is 2.68. The molecule has 0 aliphatic rings. The summed E-state index contributed by atoms with van der Waals surface area (Å²) in [6, 6.07) is 31.0. The second-order valence-corrected chi connectivity index (χ2v) is 8.72. The van der Waals surface area contributed by atoms with Gasteiger partial charge < -0.3 is 0 Å². The molecule has 0 aliphatic heterocycles. The van der Waals surface area contributed by atoms with Crippen molar-refractivity contribution in [1.82, 2.24) is 4.98 Å². The molecule has 134 valence electrons. The van der Waals surface area contributed by atoms with Gasteiger partial charge in [-0.05, 0) is 63.3 Å². The van der Waals surface area contributed by atoms with E-state index in [1.165, 1.54) is 57.9 Å². The highest BCUT2D eigenvalue weighted by atomic mass is 32.1. The van der Waals surface area contributed by atoms with Crippen LogP contribution in [0.1, 0.15) is 0 Å². The summed E-state index contributed by atoms with van der Waals surface area (Å²) in [5, 5.41) is 11.5. The Hall–Kier alpha value is -3.49. The van der Waals surface area contributed by atoms with Gasteiger partial charge in [0.2, 0.25) is 0 Å². The number of thiophene rings is 1. The van der Waals surface area contributed by atoms with Gasteiger partial charge in [0.15, 0.2) is 0 Å². The Balaban J connectivity index is 1.80. The summed E-state index contributed by atoms with van der Waals surface area (Å²) >= 11 is 1.87. The topological polar surface area (TPSA) is 12.9 Å². The molecule has 2 heteroatoms. The number of hydrogen-bond donors (Lipinski definition) is 0. The summed E-state index contributed by atoms with van der Waals surface area (Å²) in [6.07, 6.45) is 1.90. The van der Waals surface area contributed by atoms with Gasteiger partial charge in [-0.2, -0.15) is 0 Å². The van der Waals surface area contributed by atoms with Gasteiger partial charge in [0, 0.05) is 37.1 Å². The fourth-order valence-electron chi connectivity index (χ4n) is 4.71. The number of benzene rings is 5. The van der Waals surface area contributed by atoms with Crippen LogP contribution in [-0.2, 0) is 0 Å². The van der Waals surface area contributed by atoms with Gasteiger partial charge in [-0.3, -0.25) is 4.98 Å². The first-order chi connectivity index (χ1) is 14.4. The minimum Gasteiger partial charge on any atom is -0.256 e. The standard InChI is InChI=1S/C27H15NS/c1-2-7-17-13-24-20(12-16(17)6-1)21-14-23-18-8-3-4-10-25(18)29-26(23)15-22(21)19-9-5-11-28-27(19)24/h1-15H. The van der Waals surface area contributed by atoms with Crippen molar-refractivity contribution >= 4 is 74.7 Å². The van der Waals surface area contributed by atoms with E-state index in [-0.39, 0.29) is 0 Å². The van der Waals surface area contributed by atoms with Crippen LogP contribution in [0, 0.1) is 0 Å². The quantitative estimate of drug-likeness (QED) is 0.190. The second-order valence-electron chi connectivity index (χ2n) is 7.64. The summed E-state index contributed by atoms with van der Waals surface area (Å²) in [4.78, 5) is 4.79. The zero-order valence-corrected chi connectivity index (χ0v) is 16.3. The lowest BCUT2D eigenvalue weighted by atomic mass is 9.93. The van der Waals surface area contributed by atoms with Crippen LogP contribution in [0.4, 0.5) is 0 Å². The molecule has 7 aromatic rings. The van der Waals surface area contributed by atoms with Crippen LogP contribution in [0.2, 0.25) is 0 Å². The van der Waals surface area contributed by atoms with Crippen molar-refractivity contribution in [2.75, 3.05) is 0 Å². The predicted molar refractivity (Wildman–Crippen MR) is 127 cm³/mol. The molecule has 5 aromatic carbocycles. The Morgan fingerprint density at radius 1 is 0.483 bits per heavy atom. The highest BCUT2D eigenvalue weighted by Crippen LogP contribution is 2.42. The van der Waals surface area contributed by atoms with E-state index in [4.69, 9.17) is 4.98 Å². The highest BCUT2D eigenvalue weighted by Gasteiger charge is 2.13. The molecule has 2 aromatic heterocycles. The Labute approximate surface area is 170 Å². The second kappa shape index (κ2) is 5.53. The number of fused-ring (bicyclic) bond motifs is 10. The van der Waals surface area contributed by atoms with Gasteiger partial charge in [0.25, 0.3) is 0 Å². The van der Waals surface area contributed by atoms with Crippen LogP contribution in [0.5, 0.6) is 0 Å². The summed E-state index contributed by atoms with van der Waals surface area (Å²) in [5.41, 5.74) is 1.08. The van der Waals surface area contributed by atoms with E-state index in [2.05, 4.69) is 78.9 Å². The zero-order chi connectivity index (χ0) is 18.9. The van der Waals surface area contributed by atoms with Gasteiger partial charge in [0.1, 0.15) is 0 Å². The molecule has 7 rings (SSSR count). The van der Waals surface area contributed by atoms with Crippen molar-refractivity contribution in [2.45, 2.75) is 0 Å². The van der Waals surface area contributed by atoms with Crippen LogP contribution in [0.3, 0.4) is 0 Å².